The molecule has 0 amide bonds. The van der Waals surface area contributed by atoms with Gasteiger partial charge in [-0.25, -0.2) is 15.0 Å². The maximum Gasteiger partial charge on any atom is 0.158 e. The molecule has 1 saturated carbocycles. The number of nitrogens with one attached hydrogen (secondary N) is 3. The van der Waals surface area contributed by atoms with Gasteiger partial charge in [-0.1, -0.05) is 0 Å². The fourth-order valence-corrected chi connectivity index (χ4v) is 7.04. The second-order valence-electron chi connectivity index (χ2n) is 12.9. The highest BCUT2D eigenvalue weighted by molar-refractivity contribution is 5.91. The number of anilines is 4. The average Bonchev–Trinajstić information content (AvgIpc) is 3.56. The number of aliphatic hydroxyl groups excluding tert-OH is 2. The van der Waals surface area contributed by atoms with Crippen LogP contribution in [0.2, 0.25) is 0 Å². The molecule has 3 fully saturated rings. The summed E-state index contributed by atoms with van der Waals surface area (Å²) in [6.45, 7) is 6.74. The van der Waals surface area contributed by atoms with Crippen LogP contribution >= 0.6 is 0 Å². The van der Waals surface area contributed by atoms with E-state index in [1.807, 2.05) is 18.2 Å². The van der Waals surface area contributed by atoms with Gasteiger partial charge in [0.15, 0.2) is 11.6 Å². The van der Waals surface area contributed by atoms with E-state index in [1.54, 1.807) is 12.5 Å². The van der Waals surface area contributed by atoms with E-state index < -0.39 is 6.23 Å². The predicted molar refractivity (Wildman–Crippen MR) is 180 cm³/mol. The zero-order valence-electron chi connectivity index (χ0n) is 26.4. The van der Waals surface area contributed by atoms with E-state index in [2.05, 4.69) is 59.5 Å². The molecule has 13 heteroatoms. The lowest BCUT2D eigenvalue weighted by Gasteiger charge is -2.42. The van der Waals surface area contributed by atoms with Crippen LogP contribution < -0.4 is 21.3 Å². The van der Waals surface area contributed by atoms with Crippen LogP contribution in [0.3, 0.4) is 0 Å². The topological polar surface area (TPSA) is 168 Å². The predicted octanol–water partition coefficient (Wildman–Crippen LogP) is 3.04. The molecule has 3 aliphatic rings. The Hall–Kier alpha value is -3.88. The van der Waals surface area contributed by atoms with E-state index in [4.69, 9.17) is 15.7 Å². The Bertz CT molecular complexity index is 1600. The minimum Gasteiger partial charge on any atom is -0.393 e. The second-order valence-corrected chi connectivity index (χ2v) is 12.9. The van der Waals surface area contributed by atoms with Crippen molar-refractivity contribution < 1.29 is 10.2 Å². The molecule has 7 N–H and O–H groups in total. The number of nitrogens with two attached hydrogens (primary N) is 1. The van der Waals surface area contributed by atoms with E-state index in [1.165, 1.54) is 31.6 Å². The second kappa shape index (κ2) is 13.5. The minimum absolute atomic E-state index is 0.107. The smallest absolute Gasteiger partial charge is 0.158 e. The average molecular weight is 628 g/mol. The molecular formula is C33H45N11O2. The lowest BCUT2D eigenvalue weighted by molar-refractivity contribution is 0.0982. The van der Waals surface area contributed by atoms with Crippen LogP contribution in [0.15, 0.2) is 42.9 Å². The van der Waals surface area contributed by atoms with Crippen molar-refractivity contribution >= 4 is 34.0 Å². The minimum atomic E-state index is -1.37. The Kier molecular flexibility index (Phi) is 9.00. The maximum atomic E-state index is 10.6. The fraction of sp³-hybridized carbons (Fsp3) is 0.515. The summed E-state index contributed by atoms with van der Waals surface area (Å²) in [5.74, 6) is 0.892. The van der Waals surface area contributed by atoms with Crippen molar-refractivity contribution in [2.45, 2.75) is 62.9 Å². The van der Waals surface area contributed by atoms with Crippen molar-refractivity contribution in [1.29, 1.82) is 0 Å². The summed E-state index contributed by atoms with van der Waals surface area (Å²) in [6.07, 6.45) is 7.08. The quantitative estimate of drug-likeness (QED) is 0.158. The number of aliphatic hydroxyl groups is 2. The Morgan fingerprint density at radius 3 is 2.33 bits per heavy atom. The van der Waals surface area contributed by atoms with E-state index >= 15 is 0 Å². The van der Waals surface area contributed by atoms with Crippen LogP contribution in [-0.2, 0) is 0 Å². The maximum absolute atomic E-state index is 10.6. The summed E-state index contributed by atoms with van der Waals surface area (Å²) >= 11 is 0. The number of benzene rings is 1. The zero-order valence-corrected chi connectivity index (χ0v) is 26.4. The normalized spacial score (nSPS) is 22.7. The highest BCUT2D eigenvalue weighted by Gasteiger charge is 2.28. The number of hydrogen-bond acceptors (Lipinski definition) is 12. The molecule has 13 nitrogen and oxygen atoms in total. The number of aromatic nitrogens is 5. The van der Waals surface area contributed by atoms with Crippen molar-refractivity contribution in [1.82, 2.24) is 34.7 Å². The van der Waals surface area contributed by atoms with Gasteiger partial charge >= 0.3 is 0 Å². The standard InChI is InChI=1S/C33H45N11O2/c1-42-16-18-44(19-17-42)24-11-14-43(15-12-24)23-6-2-21(3-7-23)39-33-30(31(34)46)40-29(28-27-26(10-13-35-28)36-20-37-27)32(41-33)38-22-4-8-25(45)9-5-22/h2-3,6-7,10,13,20,22,24-25,31,45-46H,4-5,8-9,11-12,14-19,34H2,1H3,(H,36,37)(H2,38,39,41)/t22-,25-,31?. The number of rotatable bonds is 8. The molecule has 3 aromatic heterocycles. The number of piperazine rings is 1. The SMILES string of the molecule is CN1CCN(C2CCN(c3ccc(Nc4nc(N[C@H]5CC[C@H](O)CC5)c(-c5nccc6[nH]cnc56)nc4C(N)O)cc3)CC2)CC1. The van der Waals surface area contributed by atoms with E-state index in [-0.39, 0.29) is 17.8 Å². The molecule has 5 heterocycles. The summed E-state index contributed by atoms with van der Waals surface area (Å²) in [5.41, 5.74) is 10.8. The van der Waals surface area contributed by atoms with Gasteiger partial charge in [0, 0.05) is 68.9 Å². The van der Waals surface area contributed by atoms with Gasteiger partial charge in [0.25, 0.3) is 0 Å². The van der Waals surface area contributed by atoms with Crippen LogP contribution in [0.5, 0.6) is 0 Å². The number of fused-ring (bicyclic) bond motifs is 1. The lowest BCUT2D eigenvalue weighted by atomic mass is 9.93. The Balaban J connectivity index is 1.12. The van der Waals surface area contributed by atoms with Gasteiger partial charge in [-0.05, 0) is 75.9 Å². The number of hydrogen-bond donors (Lipinski definition) is 6. The number of pyridine rings is 1. The monoisotopic (exact) mass is 627 g/mol. The zero-order chi connectivity index (χ0) is 31.6. The molecule has 244 valence electrons. The van der Waals surface area contributed by atoms with Crippen LogP contribution in [0, 0.1) is 0 Å². The summed E-state index contributed by atoms with van der Waals surface area (Å²) in [4.78, 5) is 29.5. The highest BCUT2D eigenvalue weighted by Crippen LogP contribution is 2.35. The number of nitrogens with zero attached hydrogens (tertiary/aromatic N) is 7. The third-order valence-electron chi connectivity index (χ3n) is 9.82. The van der Waals surface area contributed by atoms with Crippen LogP contribution in [-0.4, -0.2) is 109 Å². The molecule has 1 aromatic carbocycles. The van der Waals surface area contributed by atoms with Crippen molar-refractivity contribution in [3.63, 3.8) is 0 Å². The highest BCUT2D eigenvalue weighted by atomic mass is 16.3. The number of H-pyrrole nitrogens is 1. The molecule has 0 radical (unpaired) electrons. The third-order valence-corrected chi connectivity index (χ3v) is 9.82. The first-order valence-electron chi connectivity index (χ1n) is 16.5. The molecular weight excluding hydrogens is 582 g/mol. The summed E-state index contributed by atoms with van der Waals surface area (Å²) in [7, 11) is 2.21. The van der Waals surface area contributed by atoms with Crippen LogP contribution in [0.25, 0.3) is 22.4 Å². The first kappa shape index (κ1) is 30.8. The van der Waals surface area contributed by atoms with Crippen molar-refractivity contribution in [2.24, 2.45) is 5.73 Å². The summed E-state index contributed by atoms with van der Waals surface area (Å²) in [5, 5.41) is 27.6. The van der Waals surface area contributed by atoms with Gasteiger partial charge in [-0.3, -0.25) is 9.88 Å². The van der Waals surface area contributed by atoms with E-state index in [9.17, 15) is 10.2 Å². The largest absolute Gasteiger partial charge is 0.393 e. The van der Waals surface area contributed by atoms with Gasteiger partial charge < -0.3 is 41.4 Å². The van der Waals surface area contributed by atoms with Gasteiger partial charge in [0.2, 0.25) is 0 Å². The molecule has 1 aliphatic carbocycles. The van der Waals surface area contributed by atoms with Crippen molar-refractivity contribution in [2.75, 3.05) is 61.8 Å². The molecule has 1 atom stereocenters. The van der Waals surface area contributed by atoms with Crippen LogP contribution in [0.1, 0.15) is 50.4 Å². The van der Waals surface area contributed by atoms with Gasteiger partial charge in [-0.2, -0.15) is 0 Å². The lowest BCUT2D eigenvalue weighted by Crippen LogP contribution is -2.52. The number of aromatic amines is 1. The van der Waals surface area contributed by atoms with E-state index in [0.717, 1.165) is 63.1 Å². The molecule has 46 heavy (non-hydrogen) atoms. The number of imidazole rings is 1. The molecule has 1 unspecified atom stereocenters. The first-order valence-corrected chi connectivity index (χ1v) is 16.5. The molecule has 2 aliphatic heterocycles. The molecule has 0 spiro atoms. The van der Waals surface area contributed by atoms with Gasteiger partial charge in [-0.15, -0.1) is 0 Å². The van der Waals surface area contributed by atoms with E-state index in [0.29, 0.717) is 34.6 Å². The fourth-order valence-electron chi connectivity index (χ4n) is 7.04. The van der Waals surface area contributed by atoms with Crippen LogP contribution in [0.4, 0.5) is 23.0 Å². The van der Waals surface area contributed by atoms with Crippen molar-refractivity contribution in [3.8, 4) is 11.4 Å². The first-order chi connectivity index (χ1) is 22.4. The Morgan fingerprint density at radius 2 is 1.61 bits per heavy atom. The third kappa shape index (κ3) is 6.65. The summed E-state index contributed by atoms with van der Waals surface area (Å²) < 4.78 is 0. The molecule has 0 bridgehead atoms. The van der Waals surface area contributed by atoms with Gasteiger partial charge in [0.05, 0.1) is 17.9 Å². The van der Waals surface area contributed by atoms with Gasteiger partial charge in [0.1, 0.15) is 28.8 Å². The Labute approximate surface area is 269 Å². The molecule has 7 rings (SSSR count). The van der Waals surface area contributed by atoms with Crippen molar-refractivity contribution in [3.05, 3.63) is 48.5 Å². The number of likely N-dealkylation sites (N-methyl/N-ethyl adjacent to an activating group) is 1. The molecule has 4 aromatic rings. The number of piperidine rings is 1. The molecule has 2 saturated heterocycles. The summed E-state index contributed by atoms with van der Waals surface area (Å²) in [6, 6.07) is 11.0. The Morgan fingerprint density at radius 1 is 0.870 bits per heavy atom.